The number of para-hydroxylation sites is 1. The Morgan fingerprint density at radius 2 is 2.04 bits per heavy atom. The number of nitrogens with zero attached hydrogens (tertiary/aromatic N) is 2. The lowest BCUT2D eigenvalue weighted by atomic mass is 10.0. The van der Waals surface area contributed by atoms with Crippen LogP contribution in [0.3, 0.4) is 0 Å². The van der Waals surface area contributed by atoms with Crippen molar-refractivity contribution in [1.29, 1.82) is 0 Å². The van der Waals surface area contributed by atoms with E-state index < -0.39 is 0 Å². The molecule has 134 valence electrons. The van der Waals surface area contributed by atoms with E-state index in [1.54, 1.807) is 18.5 Å². The number of aromatic nitrogens is 2. The third-order valence-electron chi connectivity index (χ3n) is 4.96. The summed E-state index contributed by atoms with van der Waals surface area (Å²) in [6, 6.07) is 10.8. The molecule has 1 N–H and O–H groups in total. The zero-order chi connectivity index (χ0) is 17.9. The highest BCUT2D eigenvalue weighted by Gasteiger charge is 2.19. The van der Waals surface area contributed by atoms with Gasteiger partial charge in [0.05, 0.1) is 12.0 Å². The van der Waals surface area contributed by atoms with Crippen molar-refractivity contribution in [3.05, 3.63) is 64.5 Å². The van der Waals surface area contributed by atoms with Gasteiger partial charge in [-0.25, -0.2) is 4.98 Å². The van der Waals surface area contributed by atoms with E-state index in [9.17, 15) is 9.59 Å². The van der Waals surface area contributed by atoms with Gasteiger partial charge in [-0.2, -0.15) is 0 Å². The van der Waals surface area contributed by atoms with Crippen molar-refractivity contribution in [2.75, 3.05) is 6.54 Å². The number of carbonyl (C=O) groups excluding carboxylic acids is 1. The van der Waals surface area contributed by atoms with Gasteiger partial charge in [0.15, 0.2) is 5.76 Å². The average molecular weight is 351 g/mol. The Labute approximate surface area is 150 Å². The van der Waals surface area contributed by atoms with Gasteiger partial charge >= 0.3 is 0 Å². The van der Waals surface area contributed by atoms with E-state index in [1.807, 2.05) is 24.3 Å². The summed E-state index contributed by atoms with van der Waals surface area (Å²) in [5, 5.41) is 3.67. The van der Waals surface area contributed by atoms with Gasteiger partial charge in [-0.15, -0.1) is 0 Å². The van der Waals surface area contributed by atoms with E-state index in [1.165, 1.54) is 17.4 Å². The molecule has 0 aliphatic heterocycles. The molecule has 1 aromatic carbocycles. The Morgan fingerprint density at radius 1 is 1.23 bits per heavy atom. The van der Waals surface area contributed by atoms with E-state index in [-0.39, 0.29) is 17.2 Å². The van der Waals surface area contributed by atoms with Gasteiger partial charge in [-0.05, 0) is 25.0 Å². The molecular weight excluding hydrogens is 330 g/mol. The minimum Gasteiger partial charge on any atom is -0.451 e. The standard InChI is InChI=1S/C20H21N3O3/c24-19-12-16(14-5-1-2-6-14)22-13-23(19)10-9-21-20(25)18-11-15-7-3-4-8-17(15)26-18/h3-4,7-8,11-14H,1-2,5-6,9-10H2,(H,21,25). The quantitative estimate of drug-likeness (QED) is 0.766. The van der Waals surface area contributed by atoms with Crippen LogP contribution in [-0.2, 0) is 6.54 Å². The Kier molecular flexibility index (Phi) is 4.56. The lowest BCUT2D eigenvalue weighted by molar-refractivity contribution is 0.0926. The zero-order valence-electron chi connectivity index (χ0n) is 14.5. The molecule has 2 heterocycles. The summed E-state index contributed by atoms with van der Waals surface area (Å²) in [7, 11) is 0. The summed E-state index contributed by atoms with van der Waals surface area (Å²) in [5.74, 6) is 0.406. The smallest absolute Gasteiger partial charge is 0.287 e. The monoisotopic (exact) mass is 351 g/mol. The normalized spacial score (nSPS) is 14.8. The molecule has 26 heavy (non-hydrogen) atoms. The number of hydrogen-bond acceptors (Lipinski definition) is 4. The third kappa shape index (κ3) is 3.40. The lowest BCUT2D eigenvalue weighted by Crippen LogP contribution is -2.31. The average Bonchev–Trinajstić information content (AvgIpc) is 3.32. The van der Waals surface area contributed by atoms with Gasteiger partial charge < -0.3 is 9.73 Å². The van der Waals surface area contributed by atoms with Crippen LogP contribution in [0, 0.1) is 0 Å². The SMILES string of the molecule is O=C(NCCn1cnc(C2CCCC2)cc1=O)c1cc2ccccc2o1. The molecule has 0 atom stereocenters. The minimum atomic E-state index is -0.287. The van der Waals surface area contributed by atoms with Crippen molar-refractivity contribution in [2.45, 2.75) is 38.1 Å². The molecule has 0 unspecified atom stereocenters. The molecule has 1 aliphatic carbocycles. The van der Waals surface area contributed by atoms with E-state index in [0.717, 1.165) is 23.9 Å². The van der Waals surface area contributed by atoms with Gasteiger partial charge in [-0.1, -0.05) is 31.0 Å². The minimum absolute atomic E-state index is 0.0695. The molecule has 4 rings (SSSR count). The molecular formula is C20H21N3O3. The molecule has 6 nitrogen and oxygen atoms in total. The number of nitrogens with one attached hydrogen (secondary N) is 1. The maximum absolute atomic E-state index is 12.3. The Bertz CT molecular complexity index is 950. The summed E-state index contributed by atoms with van der Waals surface area (Å²) >= 11 is 0. The second-order valence-corrected chi connectivity index (χ2v) is 6.73. The highest BCUT2D eigenvalue weighted by molar-refractivity contribution is 5.95. The summed E-state index contributed by atoms with van der Waals surface area (Å²) in [4.78, 5) is 28.9. The molecule has 1 aliphatic rings. The van der Waals surface area contributed by atoms with Crippen LogP contribution < -0.4 is 10.9 Å². The van der Waals surface area contributed by atoms with Crippen molar-refractivity contribution in [3.8, 4) is 0 Å². The van der Waals surface area contributed by atoms with Crippen molar-refractivity contribution in [3.63, 3.8) is 0 Å². The first-order valence-corrected chi connectivity index (χ1v) is 9.04. The second kappa shape index (κ2) is 7.15. The van der Waals surface area contributed by atoms with Crippen LogP contribution in [0.2, 0.25) is 0 Å². The fourth-order valence-electron chi connectivity index (χ4n) is 3.52. The number of furan rings is 1. The lowest BCUT2D eigenvalue weighted by Gasteiger charge is -2.10. The highest BCUT2D eigenvalue weighted by Crippen LogP contribution is 2.32. The topological polar surface area (TPSA) is 77.1 Å². The van der Waals surface area contributed by atoms with Crippen LogP contribution in [0.15, 0.2) is 51.9 Å². The molecule has 3 aromatic rings. The van der Waals surface area contributed by atoms with Crippen molar-refractivity contribution >= 4 is 16.9 Å². The van der Waals surface area contributed by atoms with Crippen LogP contribution in [0.25, 0.3) is 11.0 Å². The fourth-order valence-corrected chi connectivity index (χ4v) is 3.52. The molecule has 6 heteroatoms. The van der Waals surface area contributed by atoms with Crippen LogP contribution >= 0.6 is 0 Å². The van der Waals surface area contributed by atoms with Crippen molar-refractivity contribution in [2.24, 2.45) is 0 Å². The van der Waals surface area contributed by atoms with E-state index in [0.29, 0.717) is 24.6 Å². The molecule has 0 bridgehead atoms. The second-order valence-electron chi connectivity index (χ2n) is 6.73. The molecule has 2 aromatic heterocycles. The first-order valence-electron chi connectivity index (χ1n) is 9.04. The fraction of sp³-hybridized carbons (Fsp3) is 0.350. The number of hydrogen-bond donors (Lipinski definition) is 1. The Hall–Kier alpha value is -2.89. The highest BCUT2D eigenvalue weighted by atomic mass is 16.3. The number of benzene rings is 1. The van der Waals surface area contributed by atoms with Gasteiger partial charge in [0.2, 0.25) is 0 Å². The Balaban J connectivity index is 1.36. The summed E-state index contributed by atoms with van der Waals surface area (Å²) in [6.07, 6.45) is 6.24. The summed E-state index contributed by atoms with van der Waals surface area (Å²) < 4.78 is 7.06. The summed E-state index contributed by atoms with van der Waals surface area (Å²) in [5.41, 5.74) is 1.51. The van der Waals surface area contributed by atoms with Gasteiger partial charge in [0.25, 0.3) is 11.5 Å². The van der Waals surface area contributed by atoms with Gasteiger partial charge in [-0.3, -0.25) is 14.2 Å². The number of carbonyl (C=O) groups is 1. The molecule has 1 saturated carbocycles. The van der Waals surface area contributed by atoms with Gasteiger partial charge in [0, 0.05) is 30.5 Å². The van der Waals surface area contributed by atoms with Crippen LogP contribution in [0.5, 0.6) is 0 Å². The zero-order valence-corrected chi connectivity index (χ0v) is 14.5. The van der Waals surface area contributed by atoms with Crippen molar-refractivity contribution < 1.29 is 9.21 Å². The third-order valence-corrected chi connectivity index (χ3v) is 4.96. The first-order chi connectivity index (χ1) is 12.7. The predicted molar refractivity (Wildman–Crippen MR) is 98.3 cm³/mol. The number of fused-ring (bicyclic) bond motifs is 1. The van der Waals surface area contributed by atoms with E-state index >= 15 is 0 Å². The molecule has 0 spiro atoms. The predicted octanol–water partition coefficient (Wildman–Crippen LogP) is 3.08. The largest absolute Gasteiger partial charge is 0.451 e. The Morgan fingerprint density at radius 3 is 2.81 bits per heavy atom. The van der Waals surface area contributed by atoms with Crippen LogP contribution in [0.1, 0.15) is 47.8 Å². The molecule has 1 amide bonds. The molecule has 1 fully saturated rings. The van der Waals surface area contributed by atoms with Crippen molar-refractivity contribution in [1.82, 2.24) is 14.9 Å². The maximum Gasteiger partial charge on any atom is 0.287 e. The first kappa shape index (κ1) is 16.6. The van der Waals surface area contributed by atoms with Crippen LogP contribution in [0.4, 0.5) is 0 Å². The van der Waals surface area contributed by atoms with Crippen LogP contribution in [-0.4, -0.2) is 22.0 Å². The maximum atomic E-state index is 12.3. The summed E-state index contributed by atoms with van der Waals surface area (Å²) in [6.45, 7) is 0.711. The molecule has 0 saturated heterocycles. The molecule has 0 radical (unpaired) electrons. The number of amides is 1. The van der Waals surface area contributed by atoms with Gasteiger partial charge in [0.1, 0.15) is 5.58 Å². The van der Waals surface area contributed by atoms with E-state index in [4.69, 9.17) is 4.42 Å². The number of rotatable bonds is 5. The van der Waals surface area contributed by atoms with E-state index in [2.05, 4.69) is 10.3 Å².